The van der Waals surface area contributed by atoms with Gasteiger partial charge < -0.3 is 29.7 Å². The summed E-state index contributed by atoms with van der Waals surface area (Å²) < 4.78 is 16.8. The van der Waals surface area contributed by atoms with Gasteiger partial charge in [-0.25, -0.2) is 4.98 Å². The summed E-state index contributed by atoms with van der Waals surface area (Å²) in [6.45, 7) is 7.76. The highest BCUT2D eigenvalue weighted by Gasteiger charge is 2.41. The highest BCUT2D eigenvalue weighted by atomic mass is 16.5. The maximum Gasteiger partial charge on any atom is 0.290 e. The zero-order chi connectivity index (χ0) is 27.0. The largest absolute Gasteiger partial charge is 0.483 e. The van der Waals surface area contributed by atoms with E-state index >= 15 is 0 Å². The van der Waals surface area contributed by atoms with Gasteiger partial charge in [0.05, 0.1) is 26.2 Å². The van der Waals surface area contributed by atoms with Crippen molar-refractivity contribution in [1.29, 1.82) is 0 Å². The Balaban J connectivity index is 0.000000733. The van der Waals surface area contributed by atoms with E-state index in [1.54, 1.807) is 7.11 Å². The molecule has 3 aliphatic heterocycles. The minimum absolute atomic E-state index is 0.0696. The van der Waals surface area contributed by atoms with E-state index < -0.39 is 0 Å². The van der Waals surface area contributed by atoms with Crippen molar-refractivity contribution in [2.45, 2.75) is 51.7 Å². The molecular weight excluding hydrogens is 482 g/mol. The molecule has 11 nitrogen and oxygen atoms in total. The predicted molar refractivity (Wildman–Crippen MR) is 135 cm³/mol. The molecule has 3 atom stereocenters. The second-order valence-electron chi connectivity index (χ2n) is 9.60. The van der Waals surface area contributed by atoms with Crippen LogP contribution in [0.15, 0.2) is 12.3 Å². The molecule has 3 aliphatic rings. The molecule has 0 aromatic carbocycles. The lowest BCUT2D eigenvalue weighted by molar-refractivity contribution is -0.124. The van der Waals surface area contributed by atoms with Crippen molar-refractivity contribution in [3.05, 3.63) is 23.4 Å². The quantitative estimate of drug-likeness (QED) is 0.432. The van der Waals surface area contributed by atoms with E-state index in [0.29, 0.717) is 30.1 Å². The Morgan fingerprint density at radius 3 is 2.59 bits per heavy atom. The van der Waals surface area contributed by atoms with E-state index in [-0.39, 0.29) is 25.0 Å². The van der Waals surface area contributed by atoms with Crippen molar-refractivity contribution in [1.82, 2.24) is 15.2 Å². The Bertz CT molecular complexity index is 828. The molecule has 11 heteroatoms. The Hall–Kier alpha value is -2.76. The van der Waals surface area contributed by atoms with Gasteiger partial charge in [0.25, 0.3) is 12.9 Å². The average molecular weight is 524 g/mol. The zero-order valence-electron chi connectivity index (χ0n) is 21.8. The fraction of sp³-hybridized carbons (Fsp3) is 0.692. The van der Waals surface area contributed by atoms with E-state index in [9.17, 15) is 4.79 Å². The lowest BCUT2D eigenvalue weighted by Gasteiger charge is -2.35. The van der Waals surface area contributed by atoms with Crippen molar-refractivity contribution in [3.63, 3.8) is 0 Å². The number of carboxylic acid groups (broad SMARTS) is 2. The van der Waals surface area contributed by atoms with Gasteiger partial charge >= 0.3 is 0 Å². The molecule has 37 heavy (non-hydrogen) atoms. The number of amides is 1. The molecule has 4 rings (SSSR count). The van der Waals surface area contributed by atoms with Crippen molar-refractivity contribution < 1.29 is 38.8 Å². The highest BCUT2D eigenvalue weighted by molar-refractivity contribution is 5.76. The molecule has 0 unspecified atom stereocenters. The molecule has 1 amide bonds. The van der Waals surface area contributed by atoms with Crippen LogP contribution in [0.3, 0.4) is 0 Å². The number of rotatable bonds is 8. The van der Waals surface area contributed by atoms with Crippen molar-refractivity contribution in [2.24, 2.45) is 17.8 Å². The number of fused-ring (bicyclic) bond motifs is 1. The van der Waals surface area contributed by atoms with Gasteiger partial charge in [-0.2, -0.15) is 0 Å². The number of ether oxygens (including phenoxy) is 3. The van der Waals surface area contributed by atoms with Crippen molar-refractivity contribution in [3.8, 4) is 5.88 Å². The van der Waals surface area contributed by atoms with Crippen molar-refractivity contribution in [2.75, 3.05) is 46.6 Å². The molecule has 3 saturated heterocycles. The number of aromatic nitrogens is 1. The Morgan fingerprint density at radius 2 is 1.95 bits per heavy atom. The number of carbonyl (C=O) groups excluding carboxylic acids is 1. The molecular formula is C26H41N3O8. The van der Waals surface area contributed by atoms with Gasteiger partial charge in [-0.1, -0.05) is 0 Å². The van der Waals surface area contributed by atoms with E-state index in [2.05, 4.69) is 21.3 Å². The minimum atomic E-state index is -0.250. The predicted octanol–water partition coefficient (Wildman–Crippen LogP) is 1.96. The van der Waals surface area contributed by atoms with Crippen molar-refractivity contribution >= 4 is 18.9 Å². The molecule has 3 N–H and O–H groups in total. The van der Waals surface area contributed by atoms with Crippen LogP contribution in [0.25, 0.3) is 0 Å². The van der Waals surface area contributed by atoms with Crippen LogP contribution in [0.5, 0.6) is 5.88 Å². The minimum Gasteiger partial charge on any atom is -0.483 e. The first-order valence-corrected chi connectivity index (χ1v) is 12.8. The molecule has 3 fully saturated rings. The van der Waals surface area contributed by atoms with E-state index in [4.69, 9.17) is 34.0 Å². The lowest BCUT2D eigenvalue weighted by Crippen LogP contribution is -2.42. The smallest absolute Gasteiger partial charge is 0.290 e. The summed E-state index contributed by atoms with van der Waals surface area (Å²) in [4.78, 5) is 36.1. The molecule has 0 radical (unpaired) electrons. The average Bonchev–Trinajstić information content (AvgIpc) is 3.27. The molecule has 1 aromatic rings. The first-order chi connectivity index (χ1) is 17.9. The number of nitrogens with one attached hydrogen (secondary N) is 1. The van der Waals surface area contributed by atoms with Gasteiger partial charge in [-0.3, -0.25) is 19.3 Å². The van der Waals surface area contributed by atoms with Gasteiger partial charge in [-0.05, 0) is 62.6 Å². The summed E-state index contributed by atoms with van der Waals surface area (Å²) in [5.41, 5.74) is 2.29. The SMILES string of the molecule is COc1ncc(CN2CC[C@@H]3[C@@H](CO[C@H]3CC(=O)NCCC3CCOCC3)C2)cc1C.O=CO.O=CO. The second-order valence-corrected chi connectivity index (χ2v) is 9.60. The molecule has 0 bridgehead atoms. The third-order valence-corrected chi connectivity index (χ3v) is 7.17. The van der Waals surface area contributed by atoms with Crippen LogP contribution in [0.4, 0.5) is 0 Å². The van der Waals surface area contributed by atoms with Gasteiger partial charge in [0.2, 0.25) is 11.8 Å². The van der Waals surface area contributed by atoms with Crippen LogP contribution in [0, 0.1) is 24.7 Å². The number of nitrogens with zero attached hydrogens (tertiary/aromatic N) is 2. The molecule has 4 heterocycles. The summed E-state index contributed by atoms with van der Waals surface area (Å²) in [5.74, 6) is 2.53. The number of hydrogen-bond donors (Lipinski definition) is 3. The van der Waals surface area contributed by atoms with Crippen LogP contribution in [0.2, 0.25) is 0 Å². The standard InChI is InChI=1S/C24H37N3O4.2CH2O2/c1-17-11-19(13-26-24(17)29-2)14-27-8-4-21-20(15-27)16-31-22(21)12-23(28)25-7-3-18-5-9-30-10-6-18;2*2-1-3/h11,13,18,20-22H,3-10,12,14-16H2,1-2H3,(H,25,28);2*1H,(H,2,3)/t20-,21-,22+;;/m1../s1. The summed E-state index contributed by atoms with van der Waals surface area (Å²) in [6.07, 6.45) is 6.86. The summed E-state index contributed by atoms with van der Waals surface area (Å²) in [7, 11) is 1.66. The maximum atomic E-state index is 12.5. The van der Waals surface area contributed by atoms with Gasteiger partial charge in [0.1, 0.15) is 0 Å². The van der Waals surface area contributed by atoms with E-state index in [1.807, 2.05) is 13.1 Å². The summed E-state index contributed by atoms with van der Waals surface area (Å²) in [6, 6.07) is 2.16. The first kappa shape index (κ1) is 30.5. The number of carbonyl (C=O) groups is 3. The Kier molecular flexibility index (Phi) is 13.9. The molecule has 1 aromatic heterocycles. The highest BCUT2D eigenvalue weighted by Crippen LogP contribution is 2.36. The number of methoxy groups -OCH3 is 1. The lowest BCUT2D eigenvalue weighted by atomic mass is 9.83. The molecule has 0 spiro atoms. The summed E-state index contributed by atoms with van der Waals surface area (Å²) >= 11 is 0. The first-order valence-electron chi connectivity index (χ1n) is 12.8. The van der Waals surface area contributed by atoms with Gasteiger partial charge in [0, 0.05) is 50.5 Å². The third kappa shape index (κ3) is 10.3. The fourth-order valence-corrected chi connectivity index (χ4v) is 5.40. The van der Waals surface area contributed by atoms with Crippen LogP contribution in [0.1, 0.15) is 43.2 Å². The third-order valence-electron chi connectivity index (χ3n) is 7.17. The van der Waals surface area contributed by atoms with Crippen LogP contribution >= 0.6 is 0 Å². The molecule has 208 valence electrons. The number of hydrogen-bond acceptors (Lipinski definition) is 8. The van der Waals surface area contributed by atoms with Gasteiger partial charge in [-0.15, -0.1) is 0 Å². The second kappa shape index (κ2) is 16.9. The fourth-order valence-electron chi connectivity index (χ4n) is 5.40. The molecule has 0 saturated carbocycles. The maximum absolute atomic E-state index is 12.5. The van der Waals surface area contributed by atoms with E-state index in [1.165, 1.54) is 5.56 Å². The molecule has 0 aliphatic carbocycles. The van der Waals surface area contributed by atoms with Gasteiger partial charge in [0.15, 0.2) is 0 Å². The number of likely N-dealkylation sites (tertiary alicyclic amines) is 1. The van der Waals surface area contributed by atoms with Crippen LogP contribution in [-0.2, 0) is 30.4 Å². The Labute approximate surface area is 218 Å². The normalized spacial score (nSPS) is 23.4. The van der Waals surface area contributed by atoms with E-state index in [0.717, 1.165) is 77.2 Å². The monoisotopic (exact) mass is 523 g/mol. The zero-order valence-corrected chi connectivity index (χ0v) is 21.8. The Morgan fingerprint density at radius 1 is 1.24 bits per heavy atom. The van der Waals surface area contributed by atoms with Crippen LogP contribution in [-0.4, -0.2) is 91.6 Å². The number of pyridine rings is 1. The van der Waals surface area contributed by atoms with Crippen LogP contribution < -0.4 is 10.1 Å². The number of piperidine rings is 1. The summed E-state index contributed by atoms with van der Waals surface area (Å²) in [5, 5.41) is 16.9. The number of aryl methyl sites for hydroxylation is 1. The topological polar surface area (TPSA) is 148 Å².